The molecule has 1 aliphatic carbocycles. The van der Waals surface area contributed by atoms with E-state index >= 15 is 0 Å². The van der Waals surface area contributed by atoms with Gasteiger partial charge >= 0.3 is 0 Å². The standard InChI is InChI=1S/C20H27N5O2/c1-3-22-17(13-18(21)25-8-10-26-11-9-25)19-15-12-14(27-20(2)6-7-20)4-5-16(15)23-24-19/h4-5,12-13H,3,6-11,21H2,1-2H3,(H,23,24)/b18-13+,22-17+. The third-order valence-corrected chi connectivity index (χ3v) is 5.08. The van der Waals surface area contributed by atoms with Crippen LogP contribution in [0.25, 0.3) is 10.9 Å². The summed E-state index contributed by atoms with van der Waals surface area (Å²) >= 11 is 0. The third-order valence-electron chi connectivity index (χ3n) is 5.08. The number of ether oxygens (including phenoxy) is 2. The molecule has 7 heteroatoms. The summed E-state index contributed by atoms with van der Waals surface area (Å²) in [5, 5.41) is 8.60. The summed E-state index contributed by atoms with van der Waals surface area (Å²) in [6, 6.07) is 6.04. The summed E-state index contributed by atoms with van der Waals surface area (Å²) < 4.78 is 11.5. The minimum Gasteiger partial charge on any atom is -0.488 e. The second-order valence-corrected chi connectivity index (χ2v) is 7.36. The van der Waals surface area contributed by atoms with Crippen molar-refractivity contribution < 1.29 is 9.47 Å². The summed E-state index contributed by atoms with van der Waals surface area (Å²) in [6.07, 6.45) is 4.12. The molecule has 0 spiro atoms. The Morgan fingerprint density at radius 1 is 1.41 bits per heavy atom. The van der Waals surface area contributed by atoms with Crippen LogP contribution in [0.1, 0.15) is 32.4 Å². The molecule has 3 N–H and O–H groups in total. The lowest BCUT2D eigenvalue weighted by Crippen LogP contribution is -2.38. The van der Waals surface area contributed by atoms with E-state index in [9.17, 15) is 0 Å². The molecule has 1 aromatic heterocycles. The monoisotopic (exact) mass is 369 g/mol. The van der Waals surface area contributed by atoms with Crippen molar-refractivity contribution in [3.8, 4) is 5.75 Å². The first-order chi connectivity index (χ1) is 13.1. The molecule has 0 bridgehead atoms. The topological polar surface area (TPSA) is 88.8 Å². The third kappa shape index (κ3) is 3.93. The summed E-state index contributed by atoms with van der Waals surface area (Å²) in [4.78, 5) is 6.76. The van der Waals surface area contributed by atoms with Gasteiger partial charge in [0.25, 0.3) is 0 Å². The van der Waals surface area contributed by atoms with Gasteiger partial charge in [-0.25, -0.2) is 0 Å². The Balaban J connectivity index is 1.66. The van der Waals surface area contributed by atoms with Crippen LogP contribution in [-0.4, -0.2) is 59.3 Å². The van der Waals surface area contributed by atoms with Crippen LogP contribution in [0.3, 0.4) is 0 Å². The van der Waals surface area contributed by atoms with Crippen LogP contribution in [0.15, 0.2) is 35.1 Å². The SMILES string of the molecule is CC/N=C(\C=C(/N)N1CCOCC1)c1n[nH]c2ccc(OC3(C)CC3)cc12. The van der Waals surface area contributed by atoms with Crippen molar-refractivity contribution in [1.82, 2.24) is 15.1 Å². The highest BCUT2D eigenvalue weighted by Crippen LogP contribution is 2.40. The average molecular weight is 369 g/mol. The summed E-state index contributed by atoms with van der Waals surface area (Å²) in [6.45, 7) is 7.78. The molecule has 0 amide bonds. The maximum absolute atomic E-state index is 6.34. The van der Waals surface area contributed by atoms with Gasteiger partial charge in [0.15, 0.2) is 0 Å². The number of nitrogens with two attached hydrogens (primary N) is 1. The number of nitrogens with one attached hydrogen (secondary N) is 1. The van der Waals surface area contributed by atoms with E-state index in [4.69, 9.17) is 15.2 Å². The Hall–Kier alpha value is -2.54. The predicted molar refractivity (Wildman–Crippen MR) is 106 cm³/mol. The van der Waals surface area contributed by atoms with Gasteiger partial charge in [-0.1, -0.05) is 0 Å². The van der Waals surface area contributed by atoms with Crippen molar-refractivity contribution in [1.29, 1.82) is 0 Å². The zero-order valence-corrected chi connectivity index (χ0v) is 16.0. The second kappa shape index (κ2) is 7.23. The molecule has 0 radical (unpaired) electrons. The second-order valence-electron chi connectivity index (χ2n) is 7.36. The number of aromatic amines is 1. The molecule has 2 heterocycles. The Kier molecular flexibility index (Phi) is 4.78. The van der Waals surface area contributed by atoms with Crippen LogP contribution in [0.2, 0.25) is 0 Å². The molecule has 1 aliphatic heterocycles. The van der Waals surface area contributed by atoms with Crippen molar-refractivity contribution in [2.24, 2.45) is 10.7 Å². The van der Waals surface area contributed by atoms with Crippen LogP contribution < -0.4 is 10.5 Å². The number of benzene rings is 1. The molecule has 7 nitrogen and oxygen atoms in total. The van der Waals surface area contributed by atoms with Crippen LogP contribution in [0, 0.1) is 0 Å². The Labute approximate surface area is 159 Å². The highest BCUT2D eigenvalue weighted by molar-refractivity contribution is 6.15. The van der Waals surface area contributed by atoms with E-state index in [-0.39, 0.29) is 5.60 Å². The van der Waals surface area contributed by atoms with Crippen molar-refractivity contribution in [3.63, 3.8) is 0 Å². The molecular formula is C20H27N5O2. The lowest BCUT2D eigenvalue weighted by Gasteiger charge is -2.28. The fraction of sp³-hybridized carbons (Fsp3) is 0.500. The van der Waals surface area contributed by atoms with Gasteiger partial charge in [0.1, 0.15) is 22.9 Å². The fourth-order valence-corrected chi connectivity index (χ4v) is 3.23. The average Bonchev–Trinajstić information content (AvgIpc) is 3.25. The van der Waals surface area contributed by atoms with Gasteiger partial charge in [-0.05, 0) is 44.9 Å². The van der Waals surface area contributed by atoms with Crippen LogP contribution >= 0.6 is 0 Å². The van der Waals surface area contributed by atoms with Gasteiger partial charge in [0.2, 0.25) is 0 Å². The van der Waals surface area contributed by atoms with E-state index in [0.717, 1.165) is 54.0 Å². The van der Waals surface area contributed by atoms with Crippen LogP contribution in [0.5, 0.6) is 5.75 Å². The highest BCUT2D eigenvalue weighted by atomic mass is 16.5. The number of morpholine rings is 1. The van der Waals surface area contributed by atoms with Crippen molar-refractivity contribution in [3.05, 3.63) is 35.8 Å². The molecule has 144 valence electrons. The molecule has 2 fully saturated rings. The van der Waals surface area contributed by atoms with Gasteiger partial charge in [-0.3, -0.25) is 10.1 Å². The lowest BCUT2D eigenvalue weighted by molar-refractivity contribution is 0.0531. The highest BCUT2D eigenvalue weighted by Gasteiger charge is 2.40. The minimum atomic E-state index is -0.0153. The summed E-state index contributed by atoms with van der Waals surface area (Å²) in [7, 11) is 0. The maximum Gasteiger partial charge on any atom is 0.120 e. The Morgan fingerprint density at radius 3 is 2.89 bits per heavy atom. The smallest absolute Gasteiger partial charge is 0.120 e. The van der Waals surface area contributed by atoms with Gasteiger partial charge in [-0.2, -0.15) is 5.10 Å². The van der Waals surface area contributed by atoms with Crippen molar-refractivity contribution >= 4 is 16.6 Å². The zero-order valence-electron chi connectivity index (χ0n) is 16.0. The Morgan fingerprint density at radius 2 is 2.19 bits per heavy atom. The number of aliphatic imine (C=N–C) groups is 1. The van der Waals surface area contributed by atoms with Crippen molar-refractivity contribution in [2.75, 3.05) is 32.8 Å². The molecule has 0 atom stereocenters. The minimum absolute atomic E-state index is 0.0153. The van der Waals surface area contributed by atoms with Gasteiger partial charge in [0, 0.05) is 31.1 Å². The molecule has 2 aliphatic rings. The first-order valence-electron chi connectivity index (χ1n) is 9.60. The number of fused-ring (bicyclic) bond motifs is 1. The van der Waals surface area contributed by atoms with Crippen LogP contribution in [-0.2, 0) is 4.74 Å². The zero-order chi connectivity index (χ0) is 18.9. The summed E-state index contributed by atoms with van der Waals surface area (Å²) in [5.74, 6) is 1.56. The number of aromatic nitrogens is 2. The predicted octanol–water partition coefficient (Wildman–Crippen LogP) is 2.44. The molecular weight excluding hydrogens is 342 g/mol. The van der Waals surface area contributed by atoms with Gasteiger partial charge < -0.3 is 20.1 Å². The van der Waals surface area contributed by atoms with Crippen LogP contribution in [0.4, 0.5) is 0 Å². The van der Waals surface area contributed by atoms with E-state index in [0.29, 0.717) is 25.6 Å². The largest absolute Gasteiger partial charge is 0.488 e. The van der Waals surface area contributed by atoms with E-state index < -0.39 is 0 Å². The van der Waals surface area contributed by atoms with E-state index in [2.05, 4.69) is 27.0 Å². The maximum atomic E-state index is 6.34. The van der Waals surface area contributed by atoms with E-state index in [1.807, 2.05) is 31.2 Å². The van der Waals surface area contributed by atoms with Gasteiger partial charge in [-0.15, -0.1) is 0 Å². The van der Waals surface area contributed by atoms with E-state index in [1.165, 1.54) is 0 Å². The van der Waals surface area contributed by atoms with E-state index in [1.54, 1.807) is 0 Å². The normalized spacial score (nSPS) is 20.1. The molecule has 1 aromatic carbocycles. The molecule has 27 heavy (non-hydrogen) atoms. The quantitative estimate of drug-likeness (QED) is 0.764. The Bertz CT molecular complexity index is 876. The number of allylic oxidation sites excluding steroid dienone is 1. The first kappa shape index (κ1) is 17.9. The number of hydrogen-bond donors (Lipinski definition) is 2. The lowest BCUT2D eigenvalue weighted by atomic mass is 10.1. The number of H-pyrrole nitrogens is 1. The molecule has 4 rings (SSSR count). The number of rotatable bonds is 6. The number of nitrogens with zero attached hydrogens (tertiary/aromatic N) is 3. The van der Waals surface area contributed by atoms with Gasteiger partial charge in [0.05, 0.1) is 24.4 Å². The molecule has 0 unspecified atom stereocenters. The molecule has 2 aromatic rings. The molecule has 1 saturated heterocycles. The summed E-state index contributed by atoms with van der Waals surface area (Å²) in [5.41, 5.74) is 8.86. The molecule has 1 saturated carbocycles. The van der Waals surface area contributed by atoms with Crippen molar-refractivity contribution in [2.45, 2.75) is 32.3 Å². The first-order valence-corrected chi connectivity index (χ1v) is 9.60. The number of hydrogen-bond acceptors (Lipinski definition) is 6. The fourth-order valence-electron chi connectivity index (χ4n) is 3.23.